The van der Waals surface area contributed by atoms with Crippen LogP contribution in [-0.4, -0.2) is 32.1 Å². The topological polar surface area (TPSA) is 66.4 Å². The van der Waals surface area contributed by atoms with Crippen LogP contribution in [0.3, 0.4) is 0 Å². The third-order valence-electron chi connectivity index (χ3n) is 2.01. The summed E-state index contributed by atoms with van der Waals surface area (Å²) in [5.41, 5.74) is 0.697. The van der Waals surface area contributed by atoms with E-state index in [4.69, 9.17) is 5.11 Å². The fourth-order valence-corrected chi connectivity index (χ4v) is 2.60. The van der Waals surface area contributed by atoms with Gasteiger partial charge in [-0.25, -0.2) is 13.1 Å². The fourth-order valence-electron chi connectivity index (χ4n) is 1.14. The van der Waals surface area contributed by atoms with Gasteiger partial charge < -0.3 is 5.11 Å². The average molecular weight is 261 g/mol. The third kappa shape index (κ3) is 3.79. The first kappa shape index (κ1) is 13.5. The molecule has 0 amide bonds. The van der Waals surface area contributed by atoms with Gasteiger partial charge in [-0.15, -0.1) is 0 Å². The van der Waals surface area contributed by atoms with Gasteiger partial charge in [0.25, 0.3) is 0 Å². The van der Waals surface area contributed by atoms with E-state index in [-0.39, 0.29) is 11.5 Å². The van der Waals surface area contributed by atoms with Crippen molar-refractivity contribution >= 4 is 21.8 Å². The van der Waals surface area contributed by atoms with E-state index in [9.17, 15) is 8.42 Å². The van der Waals surface area contributed by atoms with Crippen LogP contribution in [0.15, 0.2) is 29.2 Å². The summed E-state index contributed by atoms with van der Waals surface area (Å²) in [6.45, 7) is 0.339. The van der Waals surface area contributed by atoms with Gasteiger partial charge in [0, 0.05) is 12.3 Å². The summed E-state index contributed by atoms with van der Waals surface area (Å²) in [7, 11) is -3.40. The first-order chi connectivity index (χ1) is 7.60. The highest BCUT2D eigenvalue weighted by Gasteiger charge is 2.12. The summed E-state index contributed by atoms with van der Waals surface area (Å²) in [6.07, 6.45) is 1.92. The van der Waals surface area contributed by atoms with Crippen LogP contribution in [0.4, 0.5) is 0 Å². The van der Waals surface area contributed by atoms with Gasteiger partial charge in [0.05, 0.1) is 11.5 Å². The van der Waals surface area contributed by atoms with Crippen LogP contribution >= 0.6 is 11.8 Å². The van der Waals surface area contributed by atoms with Gasteiger partial charge in [0.15, 0.2) is 0 Å². The van der Waals surface area contributed by atoms with Gasteiger partial charge in [0.1, 0.15) is 0 Å². The van der Waals surface area contributed by atoms with Crippen molar-refractivity contribution in [1.82, 2.24) is 4.72 Å². The molecule has 6 heteroatoms. The van der Waals surface area contributed by atoms with E-state index < -0.39 is 10.0 Å². The second-order valence-corrected chi connectivity index (χ2v) is 5.95. The van der Waals surface area contributed by atoms with E-state index >= 15 is 0 Å². The molecule has 0 fully saturated rings. The maximum atomic E-state index is 11.7. The molecule has 0 aliphatic rings. The van der Waals surface area contributed by atoms with E-state index in [0.717, 1.165) is 5.75 Å². The van der Waals surface area contributed by atoms with Gasteiger partial charge in [-0.2, -0.15) is 11.8 Å². The number of nitrogens with one attached hydrogen (secondary N) is 1. The minimum absolute atomic E-state index is 0.0831. The molecule has 1 rings (SSSR count). The lowest BCUT2D eigenvalue weighted by atomic mass is 10.2. The summed E-state index contributed by atoms with van der Waals surface area (Å²) < 4.78 is 26.0. The van der Waals surface area contributed by atoms with Crippen molar-refractivity contribution < 1.29 is 13.5 Å². The summed E-state index contributed by atoms with van der Waals surface area (Å²) in [4.78, 5) is 0.228. The molecule has 16 heavy (non-hydrogen) atoms. The zero-order chi connectivity index (χ0) is 12.0. The van der Waals surface area contributed by atoms with E-state index in [0.29, 0.717) is 12.1 Å². The summed E-state index contributed by atoms with van der Waals surface area (Å²) in [6, 6.07) is 6.19. The highest BCUT2D eigenvalue weighted by Crippen LogP contribution is 2.10. The molecule has 1 aromatic rings. The van der Waals surface area contributed by atoms with Crippen LogP contribution < -0.4 is 4.72 Å². The Kier molecular flexibility index (Phi) is 5.27. The number of benzene rings is 1. The molecule has 4 nitrogen and oxygen atoms in total. The van der Waals surface area contributed by atoms with Crippen molar-refractivity contribution in [3.63, 3.8) is 0 Å². The number of thioether (sulfide) groups is 1. The molecule has 0 aliphatic carbocycles. The maximum Gasteiger partial charge on any atom is 0.240 e. The molecule has 90 valence electrons. The molecule has 0 heterocycles. The minimum atomic E-state index is -3.40. The van der Waals surface area contributed by atoms with Gasteiger partial charge in [-0.1, -0.05) is 12.1 Å². The lowest BCUT2D eigenvalue weighted by molar-refractivity contribution is 0.282. The molecular weight excluding hydrogens is 246 g/mol. The van der Waals surface area contributed by atoms with Crippen LogP contribution in [0, 0.1) is 0 Å². The monoisotopic (exact) mass is 261 g/mol. The molecule has 0 saturated carbocycles. The highest BCUT2D eigenvalue weighted by atomic mass is 32.2. The molecule has 0 unspecified atom stereocenters. The Balaban J connectivity index is 2.74. The average Bonchev–Trinajstić information content (AvgIpc) is 2.29. The standard InChI is InChI=1S/C10H15NO3S2/c1-15-7-6-11-16(13,14)10-4-2-9(8-12)3-5-10/h2-5,11-12H,6-8H2,1H3. The van der Waals surface area contributed by atoms with Crippen molar-refractivity contribution in [2.75, 3.05) is 18.6 Å². The smallest absolute Gasteiger partial charge is 0.240 e. The molecular formula is C10H15NO3S2. The van der Waals surface area contributed by atoms with Gasteiger partial charge in [-0.05, 0) is 24.0 Å². The molecule has 0 bridgehead atoms. The second kappa shape index (κ2) is 6.24. The highest BCUT2D eigenvalue weighted by molar-refractivity contribution is 7.98. The van der Waals surface area contributed by atoms with Gasteiger partial charge >= 0.3 is 0 Å². The summed E-state index contributed by atoms with van der Waals surface area (Å²) in [5, 5.41) is 8.84. The SMILES string of the molecule is CSCCNS(=O)(=O)c1ccc(CO)cc1. The van der Waals surface area contributed by atoms with Crippen molar-refractivity contribution in [3.8, 4) is 0 Å². The predicted molar refractivity (Wildman–Crippen MR) is 65.9 cm³/mol. The van der Waals surface area contributed by atoms with Crippen molar-refractivity contribution in [2.45, 2.75) is 11.5 Å². The van der Waals surface area contributed by atoms with Crippen molar-refractivity contribution in [2.24, 2.45) is 0 Å². The Bertz CT molecular complexity index is 414. The largest absolute Gasteiger partial charge is 0.392 e. The molecule has 0 aliphatic heterocycles. The van der Waals surface area contributed by atoms with Crippen LogP contribution in [-0.2, 0) is 16.6 Å². The molecule has 1 aromatic carbocycles. The first-order valence-electron chi connectivity index (χ1n) is 4.78. The number of hydrogen-bond donors (Lipinski definition) is 2. The molecule has 2 N–H and O–H groups in total. The van der Waals surface area contributed by atoms with Crippen LogP contribution in [0.2, 0.25) is 0 Å². The molecule has 0 spiro atoms. The Hall–Kier alpha value is -0.560. The number of aliphatic hydroxyl groups is 1. The first-order valence-corrected chi connectivity index (χ1v) is 7.66. The quantitative estimate of drug-likeness (QED) is 0.744. The fraction of sp³-hybridized carbons (Fsp3) is 0.400. The zero-order valence-electron chi connectivity index (χ0n) is 9.01. The maximum absolute atomic E-state index is 11.7. The Morgan fingerprint density at radius 2 is 1.94 bits per heavy atom. The zero-order valence-corrected chi connectivity index (χ0v) is 10.6. The predicted octanol–water partition coefficient (Wildman–Crippen LogP) is 0.820. The van der Waals surface area contributed by atoms with Crippen molar-refractivity contribution in [3.05, 3.63) is 29.8 Å². The second-order valence-electron chi connectivity index (χ2n) is 3.19. The van der Waals surface area contributed by atoms with Crippen LogP contribution in [0.25, 0.3) is 0 Å². The Morgan fingerprint density at radius 1 is 1.31 bits per heavy atom. The van der Waals surface area contributed by atoms with Crippen LogP contribution in [0.1, 0.15) is 5.56 Å². The molecule has 0 radical (unpaired) electrons. The van der Waals surface area contributed by atoms with Crippen molar-refractivity contribution in [1.29, 1.82) is 0 Å². The Labute approximate surface area is 100 Å². The van der Waals surface area contributed by atoms with Gasteiger partial charge in [-0.3, -0.25) is 0 Å². The lowest BCUT2D eigenvalue weighted by Crippen LogP contribution is -2.25. The van der Waals surface area contributed by atoms with E-state index in [1.165, 1.54) is 12.1 Å². The third-order valence-corrected chi connectivity index (χ3v) is 4.10. The minimum Gasteiger partial charge on any atom is -0.392 e. The van der Waals surface area contributed by atoms with E-state index in [1.807, 2.05) is 6.26 Å². The number of hydrogen-bond acceptors (Lipinski definition) is 4. The lowest BCUT2D eigenvalue weighted by Gasteiger charge is -2.06. The normalized spacial score (nSPS) is 11.6. The van der Waals surface area contributed by atoms with Gasteiger partial charge in [0.2, 0.25) is 10.0 Å². The number of aliphatic hydroxyl groups excluding tert-OH is 1. The number of rotatable bonds is 6. The summed E-state index contributed by atoms with van der Waals surface area (Å²) >= 11 is 1.58. The number of sulfonamides is 1. The molecule has 0 atom stereocenters. The van der Waals surface area contributed by atoms with E-state index in [2.05, 4.69) is 4.72 Å². The van der Waals surface area contributed by atoms with E-state index in [1.54, 1.807) is 23.9 Å². The Morgan fingerprint density at radius 3 is 2.44 bits per heavy atom. The molecule has 0 aromatic heterocycles. The van der Waals surface area contributed by atoms with Crippen LogP contribution in [0.5, 0.6) is 0 Å². The summed E-state index contributed by atoms with van der Waals surface area (Å²) in [5.74, 6) is 0.744. The molecule has 0 saturated heterocycles.